The summed E-state index contributed by atoms with van der Waals surface area (Å²) in [5.41, 5.74) is 1.65. The van der Waals surface area contributed by atoms with Gasteiger partial charge in [0.25, 0.3) is 0 Å². The summed E-state index contributed by atoms with van der Waals surface area (Å²) in [6.07, 6.45) is 0. The molecule has 0 bridgehead atoms. The zero-order chi connectivity index (χ0) is 13.8. The molecular formula is C15H14ClF2N. The SMILES string of the molecule is C[C@@H](NCc1ccc(Cl)c(F)c1)c1cccc(F)c1. The van der Waals surface area contributed by atoms with E-state index in [4.69, 9.17) is 11.6 Å². The highest BCUT2D eigenvalue weighted by Gasteiger charge is 2.07. The normalized spacial score (nSPS) is 12.4. The van der Waals surface area contributed by atoms with Crippen LogP contribution in [0.1, 0.15) is 24.1 Å². The van der Waals surface area contributed by atoms with Crippen LogP contribution in [0.15, 0.2) is 42.5 Å². The lowest BCUT2D eigenvalue weighted by molar-refractivity contribution is 0.561. The van der Waals surface area contributed by atoms with E-state index in [2.05, 4.69) is 5.32 Å². The van der Waals surface area contributed by atoms with Crippen molar-refractivity contribution < 1.29 is 8.78 Å². The van der Waals surface area contributed by atoms with Crippen molar-refractivity contribution in [1.82, 2.24) is 5.32 Å². The first kappa shape index (κ1) is 14.0. The maximum absolute atomic E-state index is 13.3. The maximum Gasteiger partial charge on any atom is 0.142 e. The van der Waals surface area contributed by atoms with E-state index < -0.39 is 5.82 Å². The molecule has 0 spiro atoms. The third kappa shape index (κ3) is 3.75. The van der Waals surface area contributed by atoms with Crippen LogP contribution in [0.4, 0.5) is 8.78 Å². The molecule has 0 radical (unpaired) electrons. The molecule has 0 fully saturated rings. The summed E-state index contributed by atoms with van der Waals surface area (Å²) in [6.45, 7) is 2.42. The van der Waals surface area contributed by atoms with E-state index >= 15 is 0 Å². The Morgan fingerprint density at radius 3 is 2.63 bits per heavy atom. The van der Waals surface area contributed by atoms with Gasteiger partial charge in [0, 0.05) is 12.6 Å². The lowest BCUT2D eigenvalue weighted by atomic mass is 10.1. The largest absolute Gasteiger partial charge is 0.306 e. The van der Waals surface area contributed by atoms with Gasteiger partial charge in [-0.05, 0) is 42.3 Å². The molecule has 19 heavy (non-hydrogen) atoms. The lowest BCUT2D eigenvalue weighted by Crippen LogP contribution is -2.18. The molecule has 0 unspecified atom stereocenters. The first-order valence-corrected chi connectivity index (χ1v) is 6.37. The van der Waals surface area contributed by atoms with Gasteiger partial charge in [-0.2, -0.15) is 0 Å². The van der Waals surface area contributed by atoms with Gasteiger partial charge in [-0.1, -0.05) is 29.8 Å². The number of hydrogen-bond acceptors (Lipinski definition) is 1. The van der Waals surface area contributed by atoms with Crippen molar-refractivity contribution in [3.8, 4) is 0 Å². The van der Waals surface area contributed by atoms with Gasteiger partial charge in [-0.15, -0.1) is 0 Å². The Hall–Kier alpha value is -1.45. The summed E-state index contributed by atoms with van der Waals surface area (Å²) in [4.78, 5) is 0. The van der Waals surface area contributed by atoms with E-state index in [1.165, 1.54) is 24.3 Å². The highest BCUT2D eigenvalue weighted by molar-refractivity contribution is 6.30. The molecule has 1 nitrogen and oxygen atoms in total. The molecule has 0 aliphatic heterocycles. The predicted octanol–water partition coefficient (Wildman–Crippen LogP) is 4.47. The van der Waals surface area contributed by atoms with E-state index in [0.717, 1.165) is 11.1 Å². The summed E-state index contributed by atoms with van der Waals surface area (Å²) in [6, 6.07) is 11.1. The quantitative estimate of drug-likeness (QED) is 0.872. The van der Waals surface area contributed by atoms with Crippen molar-refractivity contribution in [3.05, 3.63) is 70.2 Å². The zero-order valence-electron chi connectivity index (χ0n) is 10.5. The molecule has 0 saturated carbocycles. The van der Waals surface area contributed by atoms with Gasteiger partial charge in [0.2, 0.25) is 0 Å². The molecular weight excluding hydrogens is 268 g/mol. The van der Waals surface area contributed by atoms with E-state index in [0.29, 0.717) is 6.54 Å². The van der Waals surface area contributed by atoms with Crippen molar-refractivity contribution in [3.63, 3.8) is 0 Å². The van der Waals surface area contributed by atoms with Crippen molar-refractivity contribution in [2.75, 3.05) is 0 Å². The van der Waals surface area contributed by atoms with Crippen LogP contribution < -0.4 is 5.32 Å². The number of rotatable bonds is 4. The van der Waals surface area contributed by atoms with Crippen LogP contribution in [-0.4, -0.2) is 0 Å². The average molecular weight is 282 g/mol. The number of benzene rings is 2. The molecule has 1 N–H and O–H groups in total. The average Bonchev–Trinajstić information content (AvgIpc) is 2.40. The second kappa shape index (κ2) is 6.13. The number of nitrogens with one attached hydrogen (secondary N) is 1. The predicted molar refractivity (Wildman–Crippen MR) is 73.1 cm³/mol. The van der Waals surface area contributed by atoms with Crippen LogP contribution in [-0.2, 0) is 6.54 Å². The summed E-state index contributed by atoms with van der Waals surface area (Å²) in [7, 11) is 0. The van der Waals surface area contributed by atoms with Gasteiger partial charge in [0.1, 0.15) is 11.6 Å². The first-order chi connectivity index (χ1) is 9.06. The molecule has 0 aromatic heterocycles. The third-order valence-corrected chi connectivity index (χ3v) is 3.25. The van der Waals surface area contributed by atoms with E-state index in [-0.39, 0.29) is 16.9 Å². The molecule has 0 saturated heterocycles. The van der Waals surface area contributed by atoms with E-state index in [1.807, 2.05) is 13.0 Å². The molecule has 2 aromatic carbocycles. The fraction of sp³-hybridized carbons (Fsp3) is 0.200. The van der Waals surface area contributed by atoms with Gasteiger partial charge in [-0.3, -0.25) is 0 Å². The molecule has 0 aliphatic carbocycles. The highest BCUT2D eigenvalue weighted by atomic mass is 35.5. The fourth-order valence-electron chi connectivity index (χ4n) is 1.81. The standard InChI is InChI=1S/C15H14ClF2N/c1-10(12-3-2-4-13(17)8-12)19-9-11-5-6-14(16)15(18)7-11/h2-8,10,19H,9H2,1H3/t10-/m1/s1. The van der Waals surface area contributed by atoms with Gasteiger partial charge >= 0.3 is 0 Å². The van der Waals surface area contributed by atoms with E-state index in [1.54, 1.807) is 12.1 Å². The molecule has 0 heterocycles. The van der Waals surface area contributed by atoms with Crippen molar-refractivity contribution in [1.29, 1.82) is 0 Å². The minimum Gasteiger partial charge on any atom is -0.306 e. The van der Waals surface area contributed by atoms with Crippen molar-refractivity contribution in [2.24, 2.45) is 0 Å². The minimum absolute atomic E-state index is 0.0190. The van der Waals surface area contributed by atoms with Crippen LogP contribution in [0, 0.1) is 11.6 Å². The Labute approximate surface area is 116 Å². The molecule has 2 rings (SSSR count). The third-order valence-electron chi connectivity index (χ3n) is 2.95. The van der Waals surface area contributed by atoms with Crippen LogP contribution in [0.25, 0.3) is 0 Å². The van der Waals surface area contributed by atoms with Crippen molar-refractivity contribution >= 4 is 11.6 Å². The number of halogens is 3. The Kier molecular flexibility index (Phi) is 4.51. The monoisotopic (exact) mass is 281 g/mol. The Morgan fingerprint density at radius 2 is 1.95 bits per heavy atom. The van der Waals surface area contributed by atoms with Crippen LogP contribution in [0.3, 0.4) is 0 Å². The smallest absolute Gasteiger partial charge is 0.142 e. The van der Waals surface area contributed by atoms with Crippen LogP contribution in [0.2, 0.25) is 5.02 Å². The summed E-state index contributed by atoms with van der Waals surface area (Å²) in [5, 5.41) is 3.33. The highest BCUT2D eigenvalue weighted by Crippen LogP contribution is 2.17. The summed E-state index contributed by atoms with van der Waals surface area (Å²) < 4.78 is 26.4. The second-order valence-electron chi connectivity index (χ2n) is 4.41. The molecule has 100 valence electrons. The van der Waals surface area contributed by atoms with E-state index in [9.17, 15) is 8.78 Å². The minimum atomic E-state index is -0.431. The first-order valence-electron chi connectivity index (χ1n) is 5.99. The molecule has 2 aromatic rings. The molecule has 4 heteroatoms. The Bertz CT molecular complexity index is 572. The lowest BCUT2D eigenvalue weighted by Gasteiger charge is -2.14. The summed E-state index contributed by atoms with van der Waals surface area (Å²) in [5.74, 6) is -0.692. The van der Waals surface area contributed by atoms with Crippen LogP contribution >= 0.6 is 11.6 Å². The Balaban J connectivity index is 2.00. The second-order valence-corrected chi connectivity index (χ2v) is 4.81. The summed E-state index contributed by atoms with van der Waals surface area (Å²) >= 11 is 5.62. The van der Waals surface area contributed by atoms with Gasteiger partial charge in [0.15, 0.2) is 0 Å². The topological polar surface area (TPSA) is 12.0 Å². The van der Waals surface area contributed by atoms with Crippen LogP contribution in [0.5, 0.6) is 0 Å². The Morgan fingerprint density at radius 1 is 1.16 bits per heavy atom. The maximum atomic E-state index is 13.3. The molecule has 0 aliphatic rings. The molecule has 1 atom stereocenters. The van der Waals surface area contributed by atoms with Gasteiger partial charge < -0.3 is 5.32 Å². The number of hydrogen-bond donors (Lipinski definition) is 1. The zero-order valence-corrected chi connectivity index (χ0v) is 11.2. The van der Waals surface area contributed by atoms with Gasteiger partial charge in [0.05, 0.1) is 5.02 Å². The van der Waals surface area contributed by atoms with Gasteiger partial charge in [-0.25, -0.2) is 8.78 Å². The fourth-order valence-corrected chi connectivity index (χ4v) is 1.93. The molecule has 0 amide bonds. The van der Waals surface area contributed by atoms with Crippen molar-refractivity contribution in [2.45, 2.75) is 19.5 Å².